The Morgan fingerprint density at radius 1 is 1.22 bits per heavy atom. The van der Waals surface area contributed by atoms with E-state index in [4.69, 9.17) is 15.7 Å². The van der Waals surface area contributed by atoms with Crippen LogP contribution in [0, 0.1) is 11.3 Å². The Morgan fingerprint density at radius 3 is 2.56 bits per heavy atom. The molecule has 1 saturated carbocycles. The molecular weight excluding hydrogens is 342 g/mol. The summed E-state index contributed by atoms with van der Waals surface area (Å²) in [5.74, 6) is 0.281. The molecule has 4 rings (SSSR count). The number of primary amides is 1. The number of carbonyl (C=O) groups excluding carboxylic acids is 1. The molecule has 0 saturated heterocycles. The highest BCUT2D eigenvalue weighted by Crippen LogP contribution is 2.50. The smallest absolute Gasteiger partial charge is 0.248 e. The van der Waals surface area contributed by atoms with E-state index in [2.05, 4.69) is 11.4 Å². The molecule has 1 aliphatic heterocycles. The molecule has 1 atom stereocenters. The predicted octanol–water partition coefficient (Wildman–Crippen LogP) is 2.66. The third-order valence-corrected chi connectivity index (χ3v) is 5.77. The molecule has 1 heterocycles. The van der Waals surface area contributed by atoms with Gasteiger partial charge in [0.25, 0.3) is 0 Å². The number of rotatable bonds is 3. The zero-order valence-corrected chi connectivity index (χ0v) is 14.8. The van der Waals surface area contributed by atoms with Crippen LogP contribution < -0.4 is 15.8 Å². The van der Waals surface area contributed by atoms with Crippen molar-refractivity contribution in [3.05, 3.63) is 59.2 Å². The maximum Gasteiger partial charge on any atom is 0.248 e. The van der Waals surface area contributed by atoms with Crippen LogP contribution in [-0.2, 0) is 5.41 Å². The fourth-order valence-electron chi connectivity index (χ4n) is 4.24. The molecule has 1 aliphatic carbocycles. The Hall–Kier alpha value is -3.04. The minimum atomic E-state index is -0.688. The fourth-order valence-corrected chi connectivity index (χ4v) is 4.24. The molecular formula is C21H21N3O3. The topological polar surface area (TPSA) is 108 Å². The number of anilines is 1. The standard InChI is InChI=1S/C21H21N3O3/c22-12-13-1-4-15(5-2-13)27-16-7-9-21(10-8-16)17-11-14(19(23)25)3-6-18(17)24-20(21)26/h1-6,11,16,20,24,26H,7-10H2,(H2,23,25)/t16?,20-,21?/m0/s1. The van der Waals surface area contributed by atoms with Gasteiger partial charge in [0.1, 0.15) is 12.0 Å². The third-order valence-electron chi connectivity index (χ3n) is 5.77. The number of fused-ring (bicyclic) bond motifs is 2. The molecule has 0 unspecified atom stereocenters. The molecule has 0 aromatic heterocycles. The van der Waals surface area contributed by atoms with Crippen molar-refractivity contribution in [1.29, 1.82) is 5.26 Å². The number of benzene rings is 2. The number of amides is 1. The van der Waals surface area contributed by atoms with Gasteiger partial charge in [0.2, 0.25) is 5.91 Å². The number of nitrogens with two attached hydrogens (primary N) is 1. The van der Waals surface area contributed by atoms with Crippen LogP contribution in [0.4, 0.5) is 5.69 Å². The lowest BCUT2D eigenvalue weighted by atomic mass is 9.68. The van der Waals surface area contributed by atoms with E-state index in [1.54, 1.807) is 18.2 Å². The van der Waals surface area contributed by atoms with Gasteiger partial charge in [-0.05, 0) is 73.7 Å². The largest absolute Gasteiger partial charge is 0.490 e. The molecule has 6 heteroatoms. The number of carbonyl (C=O) groups is 1. The monoisotopic (exact) mass is 363 g/mol. The molecule has 138 valence electrons. The Labute approximate surface area is 157 Å². The van der Waals surface area contributed by atoms with E-state index >= 15 is 0 Å². The molecule has 4 N–H and O–H groups in total. The summed E-state index contributed by atoms with van der Waals surface area (Å²) in [6.07, 6.45) is 2.44. The highest BCUT2D eigenvalue weighted by atomic mass is 16.5. The number of aliphatic hydroxyl groups excluding tert-OH is 1. The Morgan fingerprint density at radius 2 is 1.93 bits per heavy atom. The Balaban J connectivity index is 1.50. The highest BCUT2D eigenvalue weighted by Gasteiger charge is 2.48. The van der Waals surface area contributed by atoms with Crippen molar-refractivity contribution in [2.75, 3.05) is 5.32 Å². The number of nitrogens with one attached hydrogen (secondary N) is 1. The van der Waals surface area contributed by atoms with Gasteiger partial charge < -0.3 is 20.9 Å². The van der Waals surface area contributed by atoms with E-state index in [-0.39, 0.29) is 6.10 Å². The van der Waals surface area contributed by atoms with E-state index in [9.17, 15) is 9.90 Å². The summed E-state index contributed by atoms with van der Waals surface area (Å²) >= 11 is 0. The second-order valence-corrected chi connectivity index (χ2v) is 7.28. The number of nitrogens with zero attached hydrogens (tertiary/aromatic N) is 1. The van der Waals surface area contributed by atoms with Crippen LogP contribution in [0.1, 0.15) is 47.2 Å². The lowest BCUT2D eigenvalue weighted by Gasteiger charge is -2.39. The molecule has 0 radical (unpaired) electrons. The first-order valence-electron chi connectivity index (χ1n) is 9.07. The van der Waals surface area contributed by atoms with Crippen molar-refractivity contribution in [3.63, 3.8) is 0 Å². The first-order chi connectivity index (χ1) is 13.0. The summed E-state index contributed by atoms with van der Waals surface area (Å²) in [7, 11) is 0. The van der Waals surface area contributed by atoms with Crippen LogP contribution in [0.5, 0.6) is 5.75 Å². The first kappa shape index (κ1) is 17.4. The lowest BCUT2D eigenvalue weighted by Crippen LogP contribution is -2.44. The van der Waals surface area contributed by atoms with E-state index in [1.807, 2.05) is 24.3 Å². The second kappa shape index (κ2) is 6.60. The van der Waals surface area contributed by atoms with E-state index in [0.717, 1.165) is 42.7 Å². The van der Waals surface area contributed by atoms with Gasteiger partial charge in [0, 0.05) is 16.7 Å². The average molecular weight is 363 g/mol. The maximum absolute atomic E-state index is 11.6. The van der Waals surface area contributed by atoms with Gasteiger partial charge in [0.05, 0.1) is 17.7 Å². The number of hydrogen-bond acceptors (Lipinski definition) is 5. The molecule has 1 amide bonds. The Kier molecular flexibility index (Phi) is 4.25. The Bertz CT molecular complexity index is 909. The first-order valence-corrected chi connectivity index (χ1v) is 9.07. The van der Waals surface area contributed by atoms with Crippen molar-refractivity contribution in [3.8, 4) is 11.8 Å². The van der Waals surface area contributed by atoms with Gasteiger partial charge in [-0.2, -0.15) is 5.26 Å². The minimum Gasteiger partial charge on any atom is -0.490 e. The summed E-state index contributed by atoms with van der Waals surface area (Å²) < 4.78 is 6.06. The molecule has 2 aromatic rings. The zero-order chi connectivity index (χ0) is 19.0. The minimum absolute atomic E-state index is 0.0548. The van der Waals surface area contributed by atoms with Gasteiger partial charge in [0.15, 0.2) is 0 Å². The third kappa shape index (κ3) is 3.00. The van der Waals surface area contributed by atoms with Crippen LogP contribution in [-0.4, -0.2) is 23.3 Å². The van der Waals surface area contributed by atoms with Crippen LogP contribution in [0.25, 0.3) is 0 Å². The van der Waals surface area contributed by atoms with E-state index < -0.39 is 17.6 Å². The van der Waals surface area contributed by atoms with Crippen molar-refractivity contribution in [1.82, 2.24) is 0 Å². The summed E-state index contributed by atoms with van der Waals surface area (Å²) in [6, 6.07) is 14.5. The number of ether oxygens (including phenoxy) is 1. The molecule has 0 bridgehead atoms. The number of aliphatic hydroxyl groups is 1. The van der Waals surface area contributed by atoms with Gasteiger partial charge in [-0.25, -0.2) is 0 Å². The van der Waals surface area contributed by atoms with Crippen LogP contribution in [0.3, 0.4) is 0 Å². The highest BCUT2D eigenvalue weighted by molar-refractivity contribution is 5.93. The predicted molar refractivity (Wildman–Crippen MR) is 100 cm³/mol. The molecule has 27 heavy (non-hydrogen) atoms. The number of nitriles is 1. The quantitative estimate of drug-likeness (QED) is 0.777. The summed E-state index contributed by atoms with van der Waals surface area (Å²) in [5.41, 5.74) is 7.89. The molecule has 1 spiro atoms. The van der Waals surface area contributed by atoms with Crippen LogP contribution >= 0.6 is 0 Å². The normalized spacial score (nSPS) is 26.1. The number of hydrogen-bond donors (Lipinski definition) is 3. The van der Waals surface area contributed by atoms with E-state index in [1.165, 1.54) is 0 Å². The molecule has 2 aliphatic rings. The van der Waals surface area contributed by atoms with Crippen molar-refractivity contribution in [2.45, 2.75) is 43.4 Å². The van der Waals surface area contributed by atoms with Gasteiger partial charge in [-0.3, -0.25) is 4.79 Å². The summed E-state index contributed by atoms with van der Waals surface area (Å²) in [6.45, 7) is 0. The summed E-state index contributed by atoms with van der Waals surface area (Å²) in [4.78, 5) is 11.6. The van der Waals surface area contributed by atoms with Crippen molar-refractivity contribution < 1.29 is 14.6 Å². The fraction of sp³-hybridized carbons (Fsp3) is 0.333. The SMILES string of the molecule is N#Cc1ccc(OC2CCC3(CC2)c2cc(C(N)=O)ccc2N[C@H]3O)cc1. The van der Waals surface area contributed by atoms with Crippen molar-refractivity contribution >= 4 is 11.6 Å². The van der Waals surface area contributed by atoms with Crippen LogP contribution in [0.2, 0.25) is 0 Å². The summed E-state index contributed by atoms with van der Waals surface area (Å²) in [5, 5.41) is 22.7. The lowest BCUT2D eigenvalue weighted by molar-refractivity contribution is 0.0469. The average Bonchev–Trinajstić information content (AvgIpc) is 2.95. The van der Waals surface area contributed by atoms with E-state index in [0.29, 0.717) is 11.1 Å². The zero-order valence-electron chi connectivity index (χ0n) is 14.8. The maximum atomic E-state index is 11.6. The molecule has 1 fully saturated rings. The van der Waals surface area contributed by atoms with Gasteiger partial charge >= 0.3 is 0 Å². The van der Waals surface area contributed by atoms with Gasteiger partial charge in [-0.15, -0.1) is 0 Å². The van der Waals surface area contributed by atoms with Crippen LogP contribution in [0.15, 0.2) is 42.5 Å². The van der Waals surface area contributed by atoms with Gasteiger partial charge in [-0.1, -0.05) is 0 Å². The van der Waals surface area contributed by atoms with Crippen molar-refractivity contribution in [2.24, 2.45) is 5.73 Å². The second-order valence-electron chi connectivity index (χ2n) is 7.28. The molecule has 6 nitrogen and oxygen atoms in total. The molecule has 2 aromatic carbocycles.